The first-order valence-electron chi connectivity index (χ1n) is 7.48. The number of carbonyl (C=O) groups is 1. The molecular weight excluding hydrogens is 240 g/mol. The van der Waals surface area contributed by atoms with Crippen LogP contribution in [0.25, 0.3) is 0 Å². The fraction of sp³-hybridized carbons (Fsp3) is 0.933. The molecule has 1 aliphatic rings. The predicted octanol–water partition coefficient (Wildman–Crippen LogP) is 2.44. The highest BCUT2D eigenvalue weighted by atomic mass is 16.4. The molecule has 1 saturated heterocycles. The van der Waals surface area contributed by atoms with Gasteiger partial charge in [-0.2, -0.15) is 0 Å². The summed E-state index contributed by atoms with van der Waals surface area (Å²) in [4.78, 5) is 15.5. The number of piperidine rings is 1. The van der Waals surface area contributed by atoms with Crippen LogP contribution in [0.4, 0.5) is 0 Å². The zero-order valence-electron chi connectivity index (χ0n) is 13.0. The summed E-state index contributed by atoms with van der Waals surface area (Å²) >= 11 is 0. The molecule has 0 aromatic heterocycles. The first-order chi connectivity index (χ1) is 8.80. The Morgan fingerprint density at radius 3 is 2.53 bits per heavy atom. The van der Waals surface area contributed by atoms with Crippen LogP contribution < -0.4 is 0 Å². The molecule has 0 saturated carbocycles. The van der Waals surface area contributed by atoms with Crippen molar-refractivity contribution in [3.8, 4) is 0 Å². The van der Waals surface area contributed by atoms with Crippen molar-refractivity contribution in [2.45, 2.75) is 64.5 Å². The van der Waals surface area contributed by atoms with E-state index in [0.717, 1.165) is 13.0 Å². The minimum atomic E-state index is -0.705. The van der Waals surface area contributed by atoms with Crippen LogP contribution in [0.5, 0.6) is 0 Å². The summed E-state index contributed by atoms with van der Waals surface area (Å²) in [6, 6.07) is 0.670. The number of hydrogen-bond acceptors (Lipinski definition) is 3. The van der Waals surface area contributed by atoms with E-state index in [1.165, 1.54) is 25.8 Å². The van der Waals surface area contributed by atoms with E-state index in [4.69, 9.17) is 5.11 Å². The van der Waals surface area contributed by atoms with Gasteiger partial charge in [-0.3, -0.25) is 9.69 Å². The second-order valence-corrected chi connectivity index (χ2v) is 6.72. The molecule has 1 N–H and O–H groups in total. The van der Waals surface area contributed by atoms with Crippen molar-refractivity contribution >= 4 is 5.97 Å². The van der Waals surface area contributed by atoms with E-state index >= 15 is 0 Å². The molecule has 19 heavy (non-hydrogen) atoms. The van der Waals surface area contributed by atoms with Crippen LogP contribution in [0.3, 0.4) is 0 Å². The van der Waals surface area contributed by atoms with Crippen molar-refractivity contribution in [1.82, 2.24) is 9.80 Å². The molecule has 1 atom stereocenters. The van der Waals surface area contributed by atoms with Gasteiger partial charge < -0.3 is 10.0 Å². The smallest absolute Gasteiger partial charge is 0.304 e. The molecule has 0 aliphatic carbocycles. The van der Waals surface area contributed by atoms with Gasteiger partial charge in [0.15, 0.2) is 0 Å². The Morgan fingerprint density at radius 1 is 1.32 bits per heavy atom. The number of aliphatic carboxylic acids is 1. The van der Waals surface area contributed by atoms with E-state index in [-0.39, 0.29) is 12.0 Å². The van der Waals surface area contributed by atoms with Crippen molar-refractivity contribution in [3.63, 3.8) is 0 Å². The molecule has 1 aliphatic heterocycles. The number of nitrogens with zero attached hydrogens (tertiary/aromatic N) is 2. The normalized spacial score (nSPS) is 21.8. The molecule has 112 valence electrons. The molecule has 1 unspecified atom stereocenters. The third-order valence-corrected chi connectivity index (χ3v) is 4.20. The maximum atomic E-state index is 10.8. The highest BCUT2D eigenvalue weighted by molar-refractivity contribution is 5.66. The Labute approximate surface area is 117 Å². The minimum absolute atomic E-state index is 0.0443. The van der Waals surface area contributed by atoms with Crippen LogP contribution >= 0.6 is 0 Å². The van der Waals surface area contributed by atoms with E-state index in [0.29, 0.717) is 12.6 Å². The Hall–Kier alpha value is -0.610. The van der Waals surface area contributed by atoms with Gasteiger partial charge in [-0.15, -0.1) is 0 Å². The van der Waals surface area contributed by atoms with Gasteiger partial charge in [0.25, 0.3) is 0 Å². The maximum Gasteiger partial charge on any atom is 0.304 e. The lowest BCUT2D eigenvalue weighted by molar-refractivity contribution is -0.137. The molecule has 0 aromatic carbocycles. The Morgan fingerprint density at radius 2 is 2.00 bits per heavy atom. The van der Waals surface area contributed by atoms with Gasteiger partial charge in [0.05, 0.1) is 6.42 Å². The first-order valence-corrected chi connectivity index (χ1v) is 7.48. The van der Waals surface area contributed by atoms with Gasteiger partial charge in [0, 0.05) is 24.7 Å². The third kappa shape index (κ3) is 5.91. The predicted molar refractivity (Wildman–Crippen MR) is 78.5 cm³/mol. The first kappa shape index (κ1) is 16.4. The summed E-state index contributed by atoms with van der Waals surface area (Å²) in [5.41, 5.74) is 0.0443. The zero-order valence-corrected chi connectivity index (χ0v) is 13.0. The summed E-state index contributed by atoms with van der Waals surface area (Å²) in [7, 11) is 2.21. The molecule has 1 fully saturated rings. The fourth-order valence-corrected chi connectivity index (χ4v) is 2.83. The second kappa shape index (κ2) is 7.25. The monoisotopic (exact) mass is 270 g/mol. The van der Waals surface area contributed by atoms with E-state index in [1.54, 1.807) is 0 Å². The van der Waals surface area contributed by atoms with Gasteiger partial charge in [0.1, 0.15) is 0 Å². The quantitative estimate of drug-likeness (QED) is 0.805. The van der Waals surface area contributed by atoms with Crippen LogP contribution in [0.1, 0.15) is 52.9 Å². The van der Waals surface area contributed by atoms with Gasteiger partial charge >= 0.3 is 5.97 Å². The number of hydrogen-bond donors (Lipinski definition) is 1. The second-order valence-electron chi connectivity index (χ2n) is 6.72. The average molecular weight is 270 g/mol. The number of likely N-dealkylation sites (tertiary alicyclic amines) is 1. The molecule has 0 bridgehead atoms. The standard InChI is InChI=1S/C15H30N2O2/c1-15(2,3)17(12-9-14(18)19)11-8-13-7-5-6-10-16(13)4/h13H,5-12H2,1-4H3,(H,18,19). The van der Waals surface area contributed by atoms with Crippen molar-refractivity contribution in [1.29, 1.82) is 0 Å². The Balaban J connectivity index is 2.45. The van der Waals surface area contributed by atoms with E-state index in [9.17, 15) is 4.79 Å². The third-order valence-electron chi connectivity index (χ3n) is 4.20. The molecular formula is C15H30N2O2. The Kier molecular flexibility index (Phi) is 6.27. The van der Waals surface area contributed by atoms with E-state index in [1.807, 2.05) is 0 Å². The zero-order chi connectivity index (χ0) is 14.5. The lowest BCUT2D eigenvalue weighted by atomic mass is 9.98. The molecule has 4 nitrogen and oxygen atoms in total. The molecule has 4 heteroatoms. The van der Waals surface area contributed by atoms with Gasteiger partial charge in [-0.1, -0.05) is 6.42 Å². The van der Waals surface area contributed by atoms with Crippen molar-refractivity contribution in [2.24, 2.45) is 0 Å². The molecule has 0 aromatic rings. The lowest BCUT2D eigenvalue weighted by Crippen LogP contribution is -2.46. The summed E-state index contributed by atoms with van der Waals surface area (Å²) in [5, 5.41) is 8.85. The average Bonchev–Trinajstić information content (AvgIpc) is 2.29. The molecule has 0 spiro atoms. The highest BCUT2D eigenvalue weighted by Gasteiger charge is 2.24. The van der Waals surface area contributed by atoms with E-state index in [2.05, 4.69) is 37.6 Å². The Bertz CT molecular complexity index is 286. The van der Waals surface area contributed by atoms with Crippen LogP contribution in [0.2, 0.25) is 0 Å². The number of carboxylic acid groups (broad SMARTS) is 1. The molecule has 0 radical (unpaired) electrons. The van der Waals surface area contributed by atoms with Gasteiger partial charge in [-0.25, -0.2) is 0 Å². The van der Waals surface area contributed by atoms with Gasteiger partial charge in [0.2, 0.25) is 0 Å². The minimum Gasteiger partial charge on any atom is -0.481 e. The number of rotatable bonds is 6. The van der Waals surface area contributed by atoms with Crippen LogP contribution in [0, 0.1) is 0 Å². The van der Waals surface area contributed by atoms with Crippen LogP contribution in [-0.4, -0.2) is 59.1 Å². The molecule has 1 heterocycles. The summed E-state index contributed by atoms with van der Waals surface area (Å²) in [6.45, 7) is 9.34. The lowest BCUT2D eigenvalue weighted by Gasteiger charge is -2.39. The molecule has 0 amide bonds. The van der Waals surface area contributed by atoms with Crippen molar-refractivity contribution < 1.29 is 9.90 Å². The van der Waals surface area contributed by atoms with Crippen molar-refractivity contribution in [3.05, 3.63) is 0 Å². The van der Waals surface area contributed by atoms with E-state index < -0.39 is 5.97 Å². The number of carboxylic acids is 1. The van der Waals surface area contributed by atoms with Crippen molar-refractivity contribution in [2.75, 3.05) is 26.7 Å². The largest absolute Gasteiger partial charge is 0.481 e. The molecule has 1 rings (SSSR count). The summed E-state index contributed by atoms with van der Waals surface area (Å²) in [6.07, 6.45) is 5.31. The highest BCUT2D eigenvalue weighted by Crippen LogP contribution is 2.20. The maximum absolute atomic E-state index is 10.8. The van der Waals surface area contributed by atoms with Crippen LogP contribution in [-0.2, 0) is 4.79 Å². The fourth-order valence-electron chi connectivity index (χ4n) is 2.83. The SMILES string of the molecule is CN1CCCCC1CCN(CCC(=O)O)C(C)(C)C. The summed E-state index contributed by atoms with van der Waals surface area (Å²) < 4.78 is 0. The van der Waals surface area contributed by atoms with Gasteiger partial charge in [-0.05, 0) is 53.6 Å². The topological polar surface area (TPSA) is 43.8 Å². The van der Waals surface area contributed by atoms with Crippen LogP contribution in [0.15, 0.2) is 0 Å². The summed E-state index contributed by atoms with van der Waals surface area (Å²) in [5.74, 6) is -0.705.